The van der Waals surface area contributed by atoms with Crippen LogP contribution in [0.1, 0.15) is 47.4 Å². The molecular formula is C18H25N5OS. The molecule has 0 aromatic carbocycles. The molecule has 1 aliphatic carbocycles. The molecule has 6 nitrogen and oxygen atoms in total. The molecule has 0 bridgehead atoms. The number of thiazole rings is 1. The van der Waals surface area contributed by atoms with E-state index >= 15 is 0 Å². The molecule has 1 amide bonds. The third kappa shape index (κ3) is 3.48. The van der Waals surface area contributed by atoms with Gasteiger partial charge in [0.2, 0.25) is 0 Å². The van der Waals surface area contributed by atoms with Crippen LogP contribution >= 0.6 is 11.3 Å². The van der Waals surface area contributed by atoms with Crippen molar-refractivity contribution in [3.63, 3.8) is 0 Å². The summed E-state index contributed by atoms with van der Waals surface area (Å²) in [6.45, 7) is 5.37. The number of rotatable bonds is 4. The summed E-state index contributed by atoms with van der Waals surface area (Å²) in [6, 6.07) is 0.321. The molecule has 0 atom stereocenters. The second-order valence-electron chi connectivity index (χ2n) is 7.64. The summed E-state index contributed by atoms with van der Waals surface area (Å²) in [5.41, 5.74) is 5.17. The van der Waals surface area contributed by atoms with Crippen molar-refractivity contribution < 1.29 is 4.79 Å². The fourth-order valence-corrected chi connectivity index (χ4v) is 4.84. The molecule has 4 rings (SSSR count). The Morgan fingerprint density at radius 3 is 2.76 bits per heavy atom. The van der Waals surface area contributed by atoms with Crippen LogP contribution in [0.5, 0.6) is 0 Å². The minimum absolute atomic E-state index is 0.0226. The van der Waals surface area contributed by atoms with Gasteiger partial charge in [0, 0.05) is 36.8 Å². The highest BCUT2D eigenvalue weighted by atomic mass is 32.1. The van der Waals surface area contributed by atoms with E-state index < -0.39 is 0 Å². The van der Waals surface area contributed by atoms with Crippen LogP contribution in [0.15, 0.2) is 17.1 Å². The first-order valence-electron chi connectivity index (χ1n) is 8.94. The third-order valence-electron chi connectivity index (χ3n) is 5.78. The molecule has 0 radical (unpaired) electrons. The number of carbonyl (C=O) groups is 1. The van der Waals surface area contributed by atoms with E-state index in [1.807, 2.05) is 17.1 Å². The summed E-state index contributed by atoms with van der Waals surface area (Å²) < 4.78 is 1.90. The van der Waals surface area contributed by atoms with Gasteiger partial charge in [0.15, 0.2) is 0 Å². The largest absolute Gasteiger partial charge is 0.348 e. The van der Waals surface area contributed by atoms with Crippen LogP contribution in [0.25, 0.3) is 0 Å². The number of carbonyl (C=O) groups excluding carboxylic acids is 1. The normalized spacial score (nSPS) is 20.6. The number of hydrogen-bond acceptors (Lipinski definition) is 5. The zero-order valence-corrected chi connectivity index (χ0v) is 15.7. The zero-order chi connectivity index (χ0) is 17.4. The number of aromatic nitrogens is 3. The van der Waals surface area contributed by atoms with Crippen LogP contribution in [0.4, 0.5) is 0 Å². The maximum Gasteiger partial charge on any atom is 0.270 e. The maximum absolute atomic E-state index is 12.1. The monoisotopic (exact) mass is 359 g/mol. The first-order chi connectivity index (χ1) is 12.0. The number of nitrogens with one attached hydrogen (secondary N) is 1. The van der Waals surface area contributed by atoms with E-state index in [1.165, 1.54) is 29.7 Å². The lowest BCUT2D eigenvalue weighted by Gasteiger charge is -2.52. The fourth-order valence-electron chi connectivity index (χ4n) is 4.31. The van der Waals surface area contributed by atoms with Gasteiger partial charge in [-0.3, -0.25) is 14.4 Å². The number of nitrogens with zero attached hydrogens (tertiary/aromatic N) is 4. The summed E-state index contributed by atoms with van der Waals surface area (Å²) >= 11 is 1.46. The molecule has 1 spiro atoms. The highest BCUT2D eigenvalue weighted by Gasteiger charge is 2.46. The highest BCUT2D eigenvalue weighted by Crippen LogP contribution is 2.49. The smallest absolute Gasteiger partial charge is 0.270 e. The standard InChI is InChI=1S/C18H25N5OS/c1-13-14(9-22(2)21-13)10-23-5-3-18(4-6-23)7-15(8-18)20-17(24)16-11-25-12-19-16/h9,11-12,15H,3-8,10H2,1-2H3,(H,20,24). The van der Waals surface area contributed by atoms with Crippen LogP contribution in [-0.2, 0) is 13.6 Å². The minimum Gasteiger partial charge on any atom is -0.348 e. The Bertz CT molecular complexity index is 738. The van der Waals surface area contributed by atoms with Crippen molar-refractivity contribution in [2.75, 3.05) is 13.1 Å². The number of aryl methyl sites for hydroxylation is 2. The predicted molar refractivity (Wildman–Crippen MR) is 97.5 cm³/mol. The Labute approximate surface area is 152 Å². The van der Waals surface area contributed by atoms with Crippen molar-refractivity contribution in [3.8, 4) is 0 Å². The lowest BCUT2D eigenvalue weighted by molar-refractivity contribution is 0.00457. The summed E-state index contributed by atoms with van der Waals surface area (Å²) in [5.74, 6) is -0.0226. The quantitative estimate of drug-likeness (QED) is 0.910. The lowest BCUT2D eigenvalue weighted by atomic mass is 9.60. The minimum atomic E-state index is -0.0226. The summed E-state index contributed by atoms with van der Waals surface area (Å²) in [7, 11) is 1.98. The Hall–Kier alpha value is -1.73. The maximum atomic E-state index is 12.1. The molecule has 2 aliphatic rings. The number of hydrogen-bond donors (Lipinski definition) is 1. The Morgan fingerprint density at radius 1 is 1.40 bits per heavy atom. The Balaban J connectivity index is 1.24. The Kier molecular flexibility index (Phi) is 4.37. The predicted octanol–water partition coefficient (Wildman–Crippen LogP) is 2.36. The Morgan fingerprint density at radius 2 is 2.16 bits per heavy atom. The van der Waals surface area contributed by atoms with Crippen LogP contribution < -0.4 is 5.32 Å². The van der Waals surface area contributed by atoms with Crippen LogP contribution in [0.3, 0.4) is 0 Å². The molecule has 2 aromatic heterocycles. The second kappa shape index (κ2) is 6.53. The van der Waals surface area contributed by atoms with E-state index in [2.05, 4.69) is 33.4 Å². The average Bonchev–Trinajstić information content (AvgIpc) is 3.18. The van der Waals surface area contributed by atoms with Crippen molar-refractivity contribution in [1.82, 2.24) is 25.0 Å². The number of piperidine rings is 1. The van der Waals surface area contributed by atoms with Crippen molar-refractivity contribution >= 4 is 17.2 Å². The molecule has 1 N–H and O–H groups in total. The second-order valence-corrected chi connectivity index (χ2v) is 8.36. The molecule has 3 heterocycles. The van der Waals surface area contributed by atoms with E-state index in [0.717, 1.165) is 38.2 Å². The van der Waals surface area contributed by atoms with Gasteiger partial charge in [0.05, 0.1) is 11.2 Å². The molecule has 1 saturated heterocycles. The molecule has 134 valence electrons. The average molecular weight is 359 g/mol. The molecule has 1 saturated carbocycles. The van der Waals surface area contributed by atoms with Crippen molar-refractivity contribution in [1.29, 1.82) is 0 Å². The highest BCUT2D eigenvalue weighted by molar-refractivity contribution is 7.07. The van der Waals surface area contributed by atoms with Gasteiger partial charge >= 0.3 is 0 Å². The van der Waals surface area contributed by atoms with Gasteiger partial charge in [0.1, 0.15) is 5.69 Å². The van der Waals surface area contributed by atoms with Crippen molar-refractivity contribution in [2.45, 2.75) is 45.2 Å². The van der Waals surface area contributed by atoms with E-state index in [1.54, 1.807) is 5.51 Å². The molecule has 1 aliphatic heterocycles. The molecule has 2 fully saturated rings. The third-order valence-corrected chi connectivity index (χ3v) is 6.37. The zero-order valence-electron chi connectivity index (χ0n) is 14.9. The molecule has 0 unspecified atom stereocenters. The number of amides is 1. The van der Waals surface area contributed by atoms with Gasteiger partial charge in [-0.05, 0) is 51.1 Å². The van der Waals surface area contributed by atoms with Gasteiger partial charge in [0.25, 0.3) is 5.91 Å². The molecule has 2 aromatic rings. The molecule has 25 heavy (non-hydrogen) atoms. The van der Waals surface area contributed by atoms with E-state index in [-0.39, 0.29) is 5.91 Å². The van der Waals surface area contributed by atoms with Gasteiger partial charge < -0.3 is 5.32 Å². The van der Waals surface area contributed by atoms with Crippen LogP contribution in [-0.4, -0.2) is 44.7 Å². The van der Waals surface area contributed by atoms with Crippen molar-refractivity contribution in [3.05, 3.63) is 34.0 Å². The first-order valence-corrected chi connectivity index (χ1v) is 9.88. The SMILES string of the molecule is Cc1nn(C)cc1CN1CCC2(CC1)CC(NC(=O)c1cscn1)C2. The van der Waals surface area contributed by atoms with Gasteiger partial charge in [-0.25, -0.2) is 4.98 Å². The van der Waals surface area contributed by atoms with Crippen LogP contribution in [0.2, 0.25) is 0 Å². The number of likely N-dealkylation sites (tertiary alicyclic amines) is 1. The first kappa shape index (κ1) is 16.7. The van der Waals surface area contributed by atoms with Crippen molar-refractivity contribution in [2.24, 2.45) is 12.5 Å². The summed E-state index contributed by atoms with van der Waals surface area (Å²) in [6.07, 6.45) is 6.82. The molecule has 7 heteroatoms. The van der Waals surface area contributed by atoms with E-state index in [9.17, 15) is 4.79 Å². The van der Waals surface area contributed by atoms with E-state index in [0.29, 0.717) is 17.2 Å². The van der Waals surface area contributed by atoms with Gasteiger partial charge in [-0.15, -0.1) is 11.3 Å². The summed E-state index contributed by atoms with van der Waals surface area (Å²) in [5, 5.41) is 9.38. The van der Waals surface area contributed by atoms with Gasteiger partial charge in [-0.1, -0.05) is 0 Å². The molecular weight excluding hydrogens is 334 g/mol. The van der Waals surface area contributed by atoms with E-state index in [4.69, 9.17) is 0 Å². The topological polar surface area (TPSA) is 63.1 Å². The fraction of sp³-hybridized carbons (Fsp3) is 0.611. The lowest BCUT2D eigenvalue weighted by Crippen LogP contribution is -2.54. The summed E-state index contributed by atoms with van der Waals surface area (Å²) in [4.78, 5) is 18.7. The van der Waals surface area contributed by atoms with Crippen LogP contribution in [0, 0.1) is 12.3 Å². The van der Waals surface area contributed by atoms with Gasteiger partial charge in [-0.2, -0.15) is 5.10 Å².